The van der Waals surface area contributed by atoms with Gasteiger partial charge in [0.1, 0.15) is 16.4 Å². The number of amides is 3. The molecule has 3 amide bonds. The minimum atomic E-state index is -1.06. The maximum Gasteiger partial charge on any atom is 0.355 e. The predicted molar refractivity (Wildman–Crippen MR) is 175 cm³/mol. The molecular weight excluding hydrogens is 616 g/mol. The van der Waals surface area contributed by atoms with Crippen molar-refractivity contribution in [1.29, 1.82) is 0 Å². The second-order valence-corrected chi connectivity index (χ2v) is 10.7. The number of esters is 1. The van der Waals surface area contributed by atoms with Crippen LogP contribution in [0.15, 0.2) is 102 Å². The number of thiophene rings is 1. The van der Waals surface area contributed by atoms with Crippen LogP contribution in [0.1, 0.15) is 32.5 Å². The Morgan fingerprint density at radius 3 is 2.38 bits per heavy atom. The Balaban J connectivity index is 1.17. The number of anilines is 2. The third kappa shape index (κ3) is 7.71. The van der Waals surface area contributed by atoms with Gasteiger partial charge in [-0.2, -0.15) is 5.10 Å². The zero-order valence-corrected chi connectivity index (χ0v) is 25.3. The highest BCUT2D eigenvalue weighted by Gasteiger charge is 2.20. The first kappa shape index (κ1) is 30.9. The molecule has 1 aromatic heterocycles. The van der Waals surface area contributed by atoms with E-state index in [1.54, 1.807) is 54.6 Å². The molecule has 0 saturated heterocycles. The van der Waals surface area contributed by atoms with E-state index in [1.807, 2.05) is 31.2 Å². The number of nitrogens with one attached hydrogen (secondary N) is 3. The number of fused-ring (bicyclic) bond motifs is 1. The fourth-order valence-electron chi connectivity index (χ4n) is 4.14. The highest BCUT2D eigenvalue weighted by molar-refractivity contribution is 7.21. The number of hydrogen-bond donors (Lipinski definition) is 3. The number of nitrogens with zero attached hydrogens (tertiary/aromatic N) is 1. The van der Waals surface area contributed by atoms with Crippen LogP contribution in [0.25, 0.3) is 10.1 Å². The normalized spacial score (nSPS) is 10.8. The number of para-hydroxylation sites is 1. The van der Waals surface area contributed by atoms with E-state index in [0.717, 1.165) is 10.1 Å². The lowest BCUT2D eigenvalue weighted by molar-refractivity contribution is -0.136. The van der Waals surface area contributed by atoms with Crippen LogP contribution in [-0.2, 0) is 9.59 Å². The molecule has 4 aromatic carbocycles. The maximum atomic E-state index is 12.9. The Bertz CT molecular complexity index is 1920. The Morgan fingerprint density at radius 2 is 1.60 bits per heavy atom. The van der Waals surface area contributed by atoms with Gasteiger partial charge in [0, 0.05) is 15.8 Å². The van der Waals surface area contributed by atoms with Crippen molar-refractivity contribution in [3.8, 4) is 11.5 Å². The molecular formula is C33H25ClN4O6S. The minimum Gasteiger partial charge on any atom is -0.494 e. The molecule has 3 N–H and O–H groups in total. The second kappa shape index (κ2) is 14.3. The Kier molecular flexibility index (Phi) is 9.83. The van der Waals surface area contributed by atoms with Gasteiger partial charge >= 0.3 is 17.8 Å². The van der Waals surface area contributed by atoms with E-state index in [0.29, 0.717) is 28.6 Å². The summed E-state index contributed by atoms with van der Waals surface area (Å²) < 4.78 is 11.8. The average Bonchev–Trinajstić information content (AvgIpc) is 3.39. The van der Waals surface area contributed by atoms with Crippen molar-refractivity contribution in [2.45, 2.75) is 6.92 Å². The Morgan fingerprint density at radius 1 is 0.844 bits per heavy atom. The molecule has 45 heavy (non-hydrogen) atoms. The van der Waals surface area contributed by atoms with Crippen LogP contribution >= 0.6 is 22.9 Å². The van der Waals surface area contributed by atoms with Crippen LogP contribution in [0, 0.1) is 0 Å². The zero-order valence-electron chi connectivity index (χ0n) is 23.7. The third-order valence-electron chi connectivity index (χ3n) is 6.22. The average molecular weight is 641 g/mol. The van der Waals surface area contributed by atoms with Gasteiger partial charge in [-0.15, -0.1) is 11.3 Å². The third-order valence-corrected chi connectivity index (χ3v) is 7.87. The van der Waals surface area contributed by atoms with E-state index in [2.05, 4.69) is 21.2 Å². The highest BCUT2D eigenvalue weighted by atomic mass is 35.5. The van der Waals surface area contributed by atoms with Crippen molar-refractivity contribution in [2.75, 3.05) is 17.2 Å². The van der Waals surface area contributed by atoms with Crippen LogP contribution in [0.2, 0.25) is 5.02 Å². The first-order chi connectivity index (χ1) is 21.8. The number of carbonyl (C=O) groups is 4. The van der Waals surface area contributed by atoms with Gasteiger partial charge in [-0.3, -0.25) is 14.4 Å². The van der Waals surface area contributed by atoms with Gasteiger partial charge in [0.25, 0.3) is 5.91 Å². The monoisotopic (exact) mass is 640 g/mol. The molecule has 0 fully saturated rings. The number of benzene rings is 4. The molecule has 0 aliphatic rings. The SMILES string of the molecule is CCOc1ccc(NC(=O)c2ccccc2NC(=O)C(=O)N/N=C\c2cccc(OC(=O)c3sc4ccccc4c3Cl)c2)cc1. The lowest BCUT2D eigenvalue weighted by Crippen LogP contribution is -2.33. The lowest BCUT2D eigenvalue weighted by Gasteiger charge is -2.11. The Hall–Kier alpha value is -5.52. The summed E-state index contributed by atoms with van der Waals surface area (Å²) in [6.07, 6.45) is 1.28. The fraction of sp³-hybridized carbons (Fsp3) is 0.0606. The number of rotatable bonds is 9. The summed E-state index contributed by atoms with van der Waals surface area (Å²) >= 11 is 7.62. The molecule has 5 rings (SSSR count). The molecule has 226 valence electrons. The Labute approximate surface area is 266 Å². The standard InChI is InChI=1S/C33H25ClN4O6S/c1-2-43-22-16-14-21(15-17-22)36-30(39)24-10-3-5-12-26(24)37-31(40)32(41)38-35-19-20-8-7-9-23(18-20)44-33(42)29-28(34)25-11-4-6-13-27(25)45-29/h3-19H,2H2,1H3,(H,36,39)(H,37,40)(H,38,41)/b35-19-. The fourth-order valence-corrected chi connectivity index (χ4v) is 5.53. The molecule has 0 bridgehead atoms. The molecule has 0 saturated carbocycles. The molecule has 0 radical (unpaired) electrons. The van der Waals surface area contributed by atoms with Crippen molar-refractivity contribution in [2.24, 2.45) is 5.10 Å². The van der Waals surface area contributed by atoms with Gasteiger partial charge in [-0.25, -0.2) is 10.2 Å². The van der Waals surface area contributed by atoms with Crippen molar-refractivity contribution < 1.29 is 28.7 Å². The van der Waals surface area contributed by atoms with Gasteiger partial charge in [0.2, 0.25) is 0 Å². The predicted octanol–water partition coefficient (Wildman–Crippen LogP) is 6.51. The van der Waals surface area contributed by atoms with Crippen molar-refractivity contribution in [3.05, 3.63) is 118 Å². The van der Waals surface area contributed by atoms with E-state index >= 15 is 0 Å². The van der Waals surface area contributed by atoms with E-state index in [-0.39, 0.29) is 21.9 Å². The summed E-state index contributed by atoms with van der Waals surface area (Å²) in [6, 6.07) is 26.9. The summed E-state index contributed by atoms with van der Waals surface area (Å²) in [5.74, 6) is -2.27. The van der Waals surface area contributed by atoms with Crippen LogP contribution < -0.4 is 25.5 Å². The van der Waals surface area contributed by atoms with Gasteiger partial charge in [0.15, 0.2) is 0 Å². The molecule has 1 heterocycles. The van der Waals surface area contributed by atoms with Crippen LogP contribution in [0.4, 0.5) is 11.4 Å². The maximum absolute atomic E-state index is 12.9. The molecule has 10 nitrogen and oxygen atoms in total. The summed E-state index contributed by atoms with van der Waals surface area (Å²) in [5.41, 5.74) is 3.45. The van der Waals surface area contributed by atoms with Crippen LogP contribution in [-0.4, -0.2) is 36.5 Å². The first-order valence-corrected chi connectivity index (χ1v) is 14.8. The number of hydrazone groups is 1. The van der Waals surface area contributed by atoms with Crippen LogP contribution in [0.5, 0.6) is 11.5 Å². The lowest BCUT2D eigenvalue weighted by atomic mass is 10.1. The van der Waals surface area contributed by atoms with Crippen LogP contribution in [0.3, 0.4) is 0 Å². The summed E-state index contributed by atoms with van der Waals surface area (Å²) in [6.45, 7) is 2.39. The molecule has 5 aromatic rings. The molecule has 0 unspecified atom stereocenters. The minimum absolute atomic E-state index is 0.137. The number of carbonyl (C=O) groups excluding carboxylic acids is 4. The summed E-state index contributed by atoms with van der Waals surface area (Å²) in [5, 5.41) is 10.1. The van der Waals surface area contributed by atoms with Crippen molar-refractivity contribution in [1.82, 2.24) is 5.43 Å². The molecule has 12 heteroatoms. The van der Waals surface area contributed by atoms with Gasteiger partial charge in [-0.1, -0.05) is 54.1 Å². The number of hydrogen-bond acceptors (Lipinski definition) is 8. The first-order valence-electron chi connectivity index (χ1n) is 13.6. The smallest absolute Gasteiger partial charge is 0.355 e. The van der Waals surface area contributed by atoms with E-state index < -0.39 is 23.7 Å². The molecule has 0 atom stereocenters. The van der Waals surface area contributed by atoms with Gasteiger partial charge in [0.05, 0.1) is 29.1 Å². The number of ether oxygens (including phenoxy) is 2. The topological polar surface area (TPSA) is 135 Å². The molecule has 0 spiro atoms. The van der Waals surface area contributed by atoms with E-state index in [1.165, 1.54) is 35.8 Å². The second-order valence-electron chi connectivity index (χ2n) is 9.31. The largest absolute Gasteiger partial charge is 0.494 e. The van der Waals surface area contributed by atoms with Gasteiger partial charge < -0.3 is 20.1 Å². The molecule has 0 aliphatic heterocycles. The number of halogens is 1. The summed E-state index contributed by atoms with van der Waals surface area (Å²) in [4.78, 5) is 51.0. The quantitative estimate of drug-likeness (QED) is 0.0552. The highest BCUT2D eigenvalue weighted by Crippen LogP contribution is 2.35. The molecule has 0 aliphatic carbocycles. The summed E-state index contributed by atoms with van der Waals surface area (Å²) in [7, 11) is 0. The van der Waals surface area contributed by atoms with Crippen molar-refractivity contribution in [3.63, 3.8) is 0 Å². The zero-order chi connectivity index (χ0) is 31.8. The van der Waals surface area contributed by atoms with E-state index in [4.69, 9.17) is 21.1 Å². The van der Waals surface area contributed by atoms with Crippen molar-refractivity contribution >= 4 is 74.3 Å². The van der Waals surface area contributed by atoms with E-state index in [9.17, 15) is 19.2 Å². The van der Waals surface area contributed by atoms with Gasteiger partial charge in [-0.05, 0) is 67.1 Å².